The molecule has 2 aromatic rings. The third-order valence-electron chi connectivity index (χ3n) is 9.33. The molecule has 44 heavy (non-hydrogen) atoms. The van der Waals surface area contributed by atoms with Crippen LogP contribution in [0.4, 0.5) is 0 Å². The third kappa shape index (κ3) is 7.35. The van der Waals surface area contributed by atoms with Crippen LogP contribution >= 0.6 is 0 Å². The third-order valence-corrected chi connectivity index (χ3v) is 9.33. The van der Waals surface area contributed by atoms with Gasteiger partial charge in [-0.3, -0.25) is 4.79 Å². The zero-order chi connectivity index (χ0) is 32.5. The first kappa shape index (κ1) is 33.7. The van der Waals surface area contributed by atoms with Gasteiger partial charge in [-0.25, -0.2) is 9.59 Å². The Kier molecular flexibility index (Phi) is 9.67. The molecule has 1 amide bonds. The number of hydrogen-bond acceptors (Lipinski definition) is 6. The number of amides is 1. The topological polar surface area (TPSA) is 113 Å². The number of likely N-dealkylation sites (tertiary alicyclic amines) is 1. The average molecular weight is 608 g/mol. The fourth-order valence-electron chi connectivity index (χ4n) is 6.11. The molecule has 1 unspecified atom stereocenters. The van der Waals surface area contributed by atoms with Crippen LogP contribution in [-0.2, 0) is 19.1 Å². The summed E-state index contributed by atoms with van der Waals surface area (Å²) in [6, 6.07) is 14.7. The fourth-order valence-corrected chi connectivity index (χ4v) is 6.11. The molecule has 2 N–H and O–H groups in total. The molecule has 4 fully saturated rings. The molecule has 8 nitrogen and oxygen atoms in total. The van der Waals surface area contributed by atoms with Crippen LogP contribution in [0.2, 0.25) is 0 Å². The lowest BCUT2D eigenvalue weighted by atomic mass is 9.88. The number of piperidine rings is 1. The Morgan fingerprint density at radius 2 is 1.50 bits per heavy atom. The Hall–Kier alpha value is -3.23. The van der Waals surface area contributed by atoms with Crippen LogP contribution in [0.5, 0.6) is 0 Å². The number of nitrogens with zero attached hydrogens (tertiary/aromatic N) is 1. The summed E-state index contributed by atoms with van der Waals surface area (Å²) < 4.78 is 11.0. The highest BCUT2D eigenvalue weighted by Crippen LogP contribution is 2.65. The quantitative estimate of drug-likeness (QED) is 0.360. The number of hydrogen-bond donors (Lipinski definition) is 2. The Labute approximate surface area is 261 Å². The molecule has 3 saturated carbocycles. The van der Waals surface area contributed by atoms with Gasteiger partial charge < -0.3 is 24.6 Å². The Bertz CT molecular complexity index is 1360. The van der Waals surface area contributed by atoms with E-state index in [-0.39, 0.29) is 11.9 Å². The summed E-state index contributed by atoms with van der Waals surface area (Å²) in [5.74, 6) is -0.595. The van der Waals surface area contributed by atoms with Crippen molar-refractivity contribution in [1.82, 2.24) is 4.90 Å². The number of aryl methyl sites for hydroxylation is 1. The predicted molar refractivity (Wildman–Crippen MR) is 170 cm³/mol. The van der Waals surface area contributed by atoms with Crippen LogP contribution in [0, 0.1) is 12.3 Å². The molecule has 0 radical (unpaired) electrons. The molecule has 0 bridgehead atoms. The molecule has 1 spiro atoms. The lowest BCUT2D eigenvalue weighted by molar-refractivity contribution is -0.149. The van der Waals surface area contributed by atoms with E-state index >= 15 is 0 Å². The van der Waals surface area contributed by atoms with Crippen LogP contribution in [0.25, 0.3) is 11.1 Å². The maximum atomic E-state index is 12.8. The van der Waals surface area contributed by atoms with E-state index in [1.54, 1.807) is 7.11 Å². The van der Waals surface area contributed by atoms with Gasteiger partial charge in [0.25, 0.3) is 5.91 Å². The molecule has 1 aliphatic heterocycles. The van der Waals surface area contributed by atoms with Gasteiger partial charge in [-0.05, 0) is 118 Å². The molecule has 6 rings (SSSR count). The molecule has 1 atom stereocenters. The van der Waals surface area contributed by atoms with Crippen LogP contribution in [-0.4, -0.2) is 70.0 Å². The van der Waals surface area contributed by atoms with Gasteiger partial charge in [-0.15, -0.1) is 0 Å². The number of rotatable bonds is 6. The zero-order valence-electron chi connectivity index (χ0n) is 27.4. The molecule has 1 heterocycles. The number of carbonyl (C=O) groups is 3. The van der Waals surface area contributed by atoms with Crippen molar-refractivity contribution in [3.63, 3.8) is 0 Å². The van der Waals surface area contributed by atoms with Crippen molar-refractivity contribution in [2.45, 2.75) is 109 Å². The second-order valence-electron chi connectivity index (χ2n) is 13.6. The highest BCUT2D eigenvalue weighted by Gasteiger charge is 2.58. The smallest absolute Gasteiger partial charge is 0.338 e. The van der Waals surface area contributed by atoms with Crippen molar-refractivity contribution in [3.8, 4) is 11.1 Å². The molecule has 0 aromatic heterocycles. The van der Waals surface area contributed by atoms with Crippen molar-refractivity contribution < 1.29 is 34.1 Å². The fraction of sp³-hybridized carbons (Fsp3) is 0.583. The summed E-state index contributed by atoms with van der Waals surface area (Å²) in [6.07, 6.45) is 5.94. The largest absolute Gasteiger partial charge is 0.479 e. The SMILES string of the molecule is CC.COC1(C(=O)N2CCC3(CC2)CC3c2ccc(-c3ccc(C(=O)OC(C)(C)C)cc3C)cc2)CC1.O=C(O)C1(O)CC1. The number of aliphatic carboxylic acids is 1. The molecule has 2 aromatic carbocycles. The predicted octanol–water partition coefficient (Wildman–Crippen LogP) is 6.51. The van der Waals surface area contributed by atoms with E-state index in [2.05, 4.69) is 24.3 Å². The summed E-state index contributed by atoms with van der Waals surface area (Å²) in [4.78, 5) is 37.1. The van der Waals surface area contributed by atoms with Crippen LogP contribution in [0.1, 0.15) is 107 Å². The lowest BCUT2D eigenvalue weighted by Gasteiger charge is -2.35. The Morgan fingerprint density at radius 3 is 1.93 bits per heavy atom. The number of benzene rings is 2. The minimum Gasteiger partial charge on any atom is -0.479 e. The van der Waals surface area contributed by atoms with Crippen molar-refractivity contribution in [2.75, 3.05) is 20.2 Å². The van der Waals surface area contributed by atoms with Crippen molar-refractivity contribution in [3.05, 3.63) is 59.2 Å². The lowest BCUT2D eigenvalue weighted by Crippen LogP contribution is -2.46. The van der Waals surface area contributed by atoms with Crippen LogP contribution in [0.15, 0.2) is 42.5 Å². The number of ether oxygens (including phenoxy) is 2. The number of carbonyl (C=O) groups excluding carboxylic acids is 2. The molecule has 3 aliphatic carbocycles. The van der Waals surface area contributed by atoms with Crippen molar-refractivity contribution >= 4 is 17.8 Å². The second-order valence-corrected chi connectivity index (χ2v) is 13.6. The summed E-state index contributed by atoms with van der Waals surface area (Å²) in [6.45, 7) is 13.4. The normalized spacial score (nSPS) is 21.5. The number of carboxylic acids is 1. The molecule has 8 heteroatoms. The van der Waals surface area contributed by atoms with E-state index in [0.717, 1.165) is 55.5 Å². The number of methoxy groups -OCH3 is 1. The Morgan fingerprint density at radius 1 is 0.909 bits per heavy atom. The van der Waals surface area contributed by atoms with Crippen molar-refractivity contribution in [2.24, 2.45) is 5.41 Å². The van der Waals surface area contributed by atoms with Crippen LogP contribution < -0.4 is 0 Å². The molecular formula is C36H49NO7. The molecule has 4 aliphatic rings. The van der Waals surface area contributed by atoms with Crippen LogP contribution in [0.3, 0.4) is 0 Å². The molecular weight excluding hydrogens is 558 g/mol. The average Bonchev–Trinajstić information content (AvgIpc) is 3.91. The van der Waals surface area contributed by atoms with Gasteiger partial charge in [-0.1, -0.05) is 44.2 Å². The van der Waals surface area contributed by atoms with E-state index in [9.17, 15) is 14.4 Å². The molecule has 1 saturated heterocycles. The monoisotopic (exact) mass is 607 g/mol. The summed E-state index contributed by atoms with van der Waals surface area (Å²) in [7, 11) is 1.66. The van der Waals surface area contributed by atoms with Gasteiger partial charge in [0.2, 0.25) is 0 Å². The van der Waals surface area contributed by atoms with Gasteiger partial charge in [0, 0.05) is 20.2 Å². The summed E-state index contributed by atoms with van der Waals surface area (Å²) in [5.41, 5.74) is 3.34. The Balaban J connectivity index is 0.000000427. The first-order chi connectivity index (χ1) is 20.7. The minimum atomic E-state index is -1.33. The van der Waals surface area contributed by atoms with E-state index in [1.165, 1.54) is 12.0 Å². The van der Waals surface area contributed by atoms with E-state index in [1.807, 2.05) is 64.6 Å². The second kappa shape index (κ2) is 12.6. The van der Waals surface area contributed by atoms with Gasteiger partial charge in [0.15, 0.2) is 5.60 Å². The van der Waals surface area contributed by atoms with Gasteiger partial charge in [0.1, 0.15) is 11.2 Å². The number of aliphatic hydroxyl groups is 1. The zero-order valence-corrected chi connectivity index (χ0v) is 27.4. The summed E-state index contributed by atoms with van der Waals surface area (Å²) >= 11 is 0. The van der Waals surface area contributed by atoms with Crippen molar-refractivity contribution in [1.29, 1.82) is 0 Å². The van der Waals surface area contributed by atoms with Gasteiger partial charge in [0.05, 0.1) is 5.56 Å². The van der Waals surface area contributed by atoms with E-state index in [0.29, 0.717) is 29.7 Å². The molecule has 240 valence electrons. The highest BCUT2D eigenvalue weighted by atomic mass is 16.6. The summed E-state index contributed by atoms with van der Waals surface area (Å²) in [5, 5.41) is 16.7. The van der Waals surface area contributed by atoms with E-state index < -0.39 is 22.8 Å². The standard InChI is InChI=1S/C30H37NO4.C4H6O3.C2H6/c1-20-18-23(26(32)35-28(2,3)4)10-11-24(20)21-6-8-22(9-7-21)25-19-29(25)14-16-31(17-15-29)27(33)30(34-5)12-13-30;5-3(6)4(7)1-2-4;1-2/h6-11,18,25H,12-17,19H2,1-5H3;7H,1-2H2,(H,5,6);1-2H3. The highest BCUT2D eigenvalue weighted by molar-refractivity contribution is 5.91. The van der Waals surface area contributed by atoms with E-state index in [4.69, 9.17) is 19.7 Å². The van der Waals surface area contributed by atoms with Gasteiger partial charge in [-0.2, -0.15) is 0 Å². The maximum absolute atomic E-state index is 12.8. The first-order valence-corrected chi connectivity index (χ1v) is 16.0. The number of esters is 1. The number of carboxylic acid groups (broad SMARTS) is 1. The minimum absolute atomic E-state index is 0.199. The first-order valence-electron chi connectivity index (χ1n) is 16.0. The maximum Gasteiger partial charge on any atom is 0.338 e. The van der Waals surface area contributed by atoms with Gasteiger partial charge >= 0.3 is 11.9 Å².